The second-order valence-electron chi connectivity index (χ2n) is 5.14. The number of halogens is 1. The van der Waals surface area contributed by atoms with Crippen molar-refractivity contribution in [3.05, 3.63) is 59.7 Å². The predicted molar refractivity (Wildman–Crippen MR) is 94.4 cm³/mol. The molecule has 0 aliphatic heterocycles. The lowest BCUT2D eigenvalue weighted by molar-refractivity contribution is 0.263. The van der Waals surface area contributed by atoms with Gasteiger partial charge in [-0.3, -0.25) is 0 Å². The van der Waals surface area contributed by atoms with E-state index in [1.807, 2.05) is 55.5 Å². The second-order valence-corrected chi connectivity index (χ2v) is 5.14. The lowest BCUT2D eigenvalue weighted by Gasteiger charge is -2.15. The smallest absolute Gasteiger partial charge is 0.161 e. The molecule has 2 rings (SSSR count). The van der Waals surface area contributed by atoms with Gasteiger partial charge in [0.25, 0.3) is 0 Å². The molecule has 0 amide bonds. The van der Waals surface area contributed by atoms with Crippen molar-refractivity contribution in [3.63, 3.8) is 0 Å². The standard InChI is InChI=1S/C18H23NO3.ClH/c1-2-21-18-11-15(10-16(19)12-20)8-9-17(18)22-13-14-6-4-3-5-7-14;/h3-9,11,16,20H,2,10,12-13,19H2,1H3;1H. The molecule has 2 aromatic rings. The summed E-state index contributed by atoms with van der Waals surface area (Å²) in [6.45, 7) is 2.97. The first kappa shape index (κ1) is 19.3. The van der Waals surface area contributed by atoms with Crippen LogP contribution in [0.2, 0.25) is 0 Å². The summed E-state index contributed by atoms with van der Waals surface area (Å²) in [5.74, 6) is 1.42. The van der Waals surface area contributed by atoms with Gasteiger partial charge >= 0.3 is 0 Å². The molecular formula is C18H24ClNO3. The van der Waals surface area contributed by atoms with Gasteiger partial charge in [0.2, 0.25) is 0 Å². The minimum atomic E-state index is -0.259. The highest BCUT2D eigenvalue weighted by Gasteiger charge is 2.09. The van der Waals surface area contributed by atoms with Gasteiger partial charge in [-0.05, 0) is 36.6 Å². The second kappa shape index (κ2) is 10.1. The fourth-order valence-electron chi connectivity index (χ4n) is 2.17. The fourth-order valence-corrected chi connectivity index (χ4v) is 2.17. The number of benzene rings is 2. The van der Waals surface area contributed by atoms with Crippen LogP contribution in [-0.2, 0) is 13.0 Å². The van der Waals surface area contributed by atoms with Gasteiger partial charge in [0.15, 0.2) is 11.5 Å². The van der Waals surface area contributed by atoms with Crippen molar-refractivity contribution in [3.8, 4) is 11.5 Å². The van der Waals surface area contributed by atoms with Crippen molar-refractivity contribution in [1.82, 2.24) is 0 Å². The lowest BCUT2D eigenvalue weighted by atomic mass is 10.1. The molecule has 0 fully saturated rings. The van der Waals surface area contributed by atoms with Gasteiger partial charge in [-0.15, -0.1) is 12.4 Å². The van der Waals surface area contributed by atoms with Gasteiger partial charge in [-0.1, -0.05) is 36.4 Å². The minimum absolute atomic E-state index is 0. The van der Waals surface area contributed by atoms with E-state index in [0.29, 0.717) is 31.1 Å². The number of hydrogen-bond acceptors (Lipinski definition) is 4. The van der Waals surface area contributed by atoms with E-state index in [9.17, 15) is 0 Å². The summed E-state index contributed by atoms with van der Waals surface area (Å²) in [4.78, 5) is 0. The molecule has 2 aromatic carbocycles. The highest BCUT2D eigenvalue weighted by molar-refractivity contribution is 5.85. The van der Waals surface area contributed by atoms with Crippen LogP contribution in [0.25, 0.3) is 0 Å². The zero-order chi connectivity index (χ0) is 15.8. The van der Waals surface area contributed by atoms with Crippen molar-refractivity contribution >= 4 is 12.4 Å². The molecule has 126 valence electrons. The average Bonchev–Trinajstić information content (AvgIpc) is 2.55. The third-order valence-corrected chi connectivity index (χ3v) is 3.28. The molecule has 5 heteroatoms. The largest absolute Gasteiger partial charge is 0.490 e. The quantitative estimate of drug-likeness (QED) is 0.777. The van der Waals surface area contributed by atoms with E-state index < -0.39 is 0 Å². The Kier molecular flexibility index (Phi) is 8.48. The van der Waals surface area contributed by atoms with E-state index in [1.165, 1.54) is 0 Å². The molecule has 1 atom stereocenters. The summed E-state index contributed by atoms with van der Waals surface area (Å²) in [5.41, 5.74) is 7.91. The molecule has 0 aliphatic rings. The first-order chi connectivity index (χ1) is 10.7. The summed E-state index contributed by atoms with van der Waals surface area (Å²) in [7, 11) is 0. The van der Waals surface area contributed by atoms with E-state index in [-0.39, 0.29) is 25.1 Å². The van der Waals surface area contributed by atoms with E-state index in [0.717, 1.165) is 11.1 Å². The van der Waals surface area contributed by atoms with Crippen molar-refractivity contribution in [2.45, 2.75) is 26.0 Å². The minimum Gasteiger partial charge on any atom is -0.490 e. The van der Waals surface area contributed by atoms with Gasteiger partial charge in [0, 0.05) is 6.04 Å². The molecule has 0 spiro atoms. The Morgan fingerprint density at radius 1 is 1.00 bits per heavy atom. The fraction of sp³-hybridized carbons (Fsp3) is 0.333. The van der Waals surface area contributed by atoms with Gasteiger partial charge in [0.05, 0.1) is 13.2 Å². The third kappa shape index (κ3) is 6.10. The number of aliphatic hydroxyl groups excluding tert-OH is 1. The maximum Gasteiger partial charge on any atom is 0.161 e. The zero-order valence-electron chi connectivity index (χ0n) is 13.3. The Morgan fingerprint density at radius 3 is 2.39 bits per heavy atom. The monoisotopic (exact) mass is 337 g/mol. The molecule has 0 heterocycles. The van der Waals surface area contributed by atoms with Crippen LogP contribution in [-0.4, -0.2) is 24.4 Å². The Bertz CT molecular complexity index is 578. The number of aliphatic hydroxyl groups is 1. The molecular weight excluding hydrogens is 314 g/mol. The average molecular weight is 338 g/mol. The van der Waals surface area contributed by atoms with Crippen LogP contribution < -0.4 is 15.2 Å². The molecule has 4 nitrogen and oxygen atoms in total. The summed E-state index contributed by atoms with van der Waals surface area (Å²) >= 11 is 0. The first-order valence-corrected chi connectivity index (χ1v) is 7.51. The highest BCUT2D eigenvalue weighted by atomic mass is 35.5. The van der Waals surface area contributed by atoms with Crippen LogP contribution >= 0.6 is 12.4 Å². The zero-order valence-corrected chi connectivity index (χ0v) is 14.1. The predicted octanol–water partition coefficient (Wildman–Crippen LogP) is 2.95. The van der Waals surface area contributed by atoms with Crippen LogP contribution in [0.4, 0.5) is 0 Å². The number of hydrogen-bond donors (Lipinski definition) is 2. The molecule has 0 bridgehead atoms. The van der Waals surface area contributed by atoms with E-state index in [1.54, 1.807) is 0 Å². The molecule has 0 radical (unpaired) electrons. The molecule has 23 heavy (non-hydrogen) atoms. The highest BCUT2D eigenvalue weighted by Crippen LogP contribution is 2.29. The number of nitrogens with two attached hydrogens (primary N) is 1. The van der Waals surface area contributed by atoms with Gasteiger partial charge in [0.1, 0.15) is 6.61 Å². The van der Waals surface area contributed by atoms with Crippen molar-refractivity contribution in [2.75, 3.05) is 13.2 Å². The van der Waals surface area contributed by atoms with Crippen LogP contribution in [0, 0.1) is 0 Å². The first-order valence-electron chi connectivity index (χ1n) is 7.51. The molecule has 0 saturated carbocycles. The molecule has 3 N–H and O–H groups in total. The lowest BCUT2D eigenvalue weighted by Crippen LogP contribution is -2.26. The molecule has 1 unspecified atom stereocenters. The van der Waals surface area contributed by atoms with E-state index >= 15 is 0 Å². The van der Waals surface area contributed by atoms with Crippen LogP contribution in [0.3, 0.4) is 0 Å². The van der Waals surface area contributed by atoms with E-state index in [2.05, 4.69) is 0 Å². The Balaban J connectivity index is 0.00000264. The van der Waals surface area contributed by atoms with Gasteiger partial charge in [-0.25, -0.2) is 0 Å². The Hall–Kier alpha value is -1.75. The molecule has 0 saturated heterocycles. The van der Waals surface area contributed by atoms with Crippen LogP contribution in [0.5, 0.6) is 11.5 Å². The summed E-state index contributed by atoms with van der Waals surface area (Å²) in [6, 6.07) is 15.5. The molecule has 0 aromatic heterocycles. The number of rotatable bonds is 8. The third-order valence-electron chi connectivity index (χ3n) is 3.28. The van der Waals surface area contributed by atoms with Crippen molar-refractivity contribution in [1.29, 1.82) is 0 Å². The summed E-state index contributed by atoms with van der Waals surface area (Å²) in [5, 5.41) is 9.05. The summed E-state index contributed by atoms with van der Waals surface area (Å²) < 4.78 is 11.5. The maximum atomic E-state index is 9.05. The maximum absolute atomic E-state index is 9.05. The van der Waals surface area contributed by atoms with E-state index in [4.69, 9.17) is 20.3 Å². The van der Waals surface area contributed by atoms with Gasteiger partial charge < -0.3 is 20.3 Å². The topological polar surface area (TPSA) is 64.7 Å². The Labute approximate surface area is 143 Å². The Morgan fingerprint density at radius 2 is 1.74 bits per heavy atom. The molecule has 0 aliphatic carbocycles. The summed E-state index contributed by atoms with van der Waals surface area (Å²) in [6.07, 6.45) is 0.607. The van der Waals surface area contributed by atoms with Gasteiger partial charge in [-0.2, -0.15) is 0 Å². The number of ether oxygens (including phenoxy) is 2. The van der Waals surface area contributed by atoms with Crippen LogP contribution in [0.1, 0.15) is 18.1 Å². The van der Waals surface area contributed by atoms with Crippen LogP contribution in [0.15, 0.2) is 48.5 Å². The SMILES string of the molecule is CCOc1cc(CC(N)CO)ccc1OCc1ccccc1.Cl. The van der Waals surface area contributed by atoms with Crippen molar-refractivity contribution in [2.24, 2.45) is 5.73 Å². The van der Waals surface area contributed by atoms with Crippen molar-refractivity contribution < 1.29 is 14.6 Å². The normalized spacial score (nSPS) is 11.4.